The molecule has 0 heterocycles. The van der Waals surface area contributed by atoms with Crippen LogP contribution < -0.4 is 0 Å². The smallest absolute Gasteiger partial charge is 0.376 e. The Hall–Kier alpha value is -2.94. The molecule has 0 spiro atoms. The van der Waals surface area contributed by atoms with Crippen LogP contribution in [0.5, 0.6) is 0 Å². The molecule has 0 saturated heterocycles. The maximum atomic E-state index is 13.8. The van der Waals surface area contributed by atoms with E-state index in [4.69, 9.17) is 0 Å². The summed E-state index contributed by atoms with van der Waals surface area (Å²) in [4.78, 5) is 0. The lowest BCUT2D eigenvalue weighted by molar-refractivity contribution is -0.143. The van der Waals surface area contributed by atoms with Crippen LogP contribution in [0.1, 0.15) is 38.9 Å². The van der Waals surface area contributed by atoms with Gasteiger partial charge in [-0.2, -0.15) is 26.3 Å². The molecule has 3 aromatic rings. The molecule has 0 fully saturated rings. The summed E-state index contributed by atoms with van der Waals surface area (Å²) in [6, 6.07) is 6.93. The Morgan fingerprint density at radius 3 is 1.19 bits per heavy atom. The highest BCUT2D eigenvalue weighted by Crippen LogP contribution is 2.43. The maximum Gasteiger partial charge on any atom is 0.416 e. The van der Waals surface area contributed by atoms with E-state index >= 15 is 0 Å². The van der Waals surface area contributed by atoms with Gasteiger partial charge in [0.25, 0.3) is 0 Å². The van der Waals surface area contributed by atoms with Gasteiger partial charge in [0.1, 0.15) is 17.2 Å². The molecule has 0 bridgehead atoms. The Labute approximate surface area is 177 Å². The zero-order valence-electron chi connectivity index (χ0n) is 16.7. The van der Waals surface area contributed by atoms with Gasteiger partial charge in [-0.25, -0.2) is 8.78 Å². The van der Waals surface area contributed by atoms with Gasteiger partial charge in [0.2, 0.25) is 0 Å². The van der Waals surface area contributed by atoms with Gasteiger partial charge in [-0.1, -0.05) is 12.1 Å². The van der Waals surface area contributed by atoms with Crippen LogP contribution in [0.25, 0.3) is 0 Å². The third-order valence-electron chi connectivity index (χ3n) is 5.16. The Morgan fingerprint density at radius 2 is 0.875 bits per heavy atom. The fourth-order valence-electron chi connectivity index (χ4n) is 3.40. The summed E-state index contributed by atoms with van der Waals surface area (Å²) >= 11 is 0. The monoisotopic (exact) mass is 460 g/mol. The van der Waals surface area contributed by atoms with E-state index < -0.39 is 46.3 Å². The Bertz CT molecular complexity index is 1080. The van der Waals surface area contributed by atoms with Crippen LogP contribution in [-0.4, -0.2) is 5.11 Å². The third-order valence-corrected chi connectivity index (χ3v) is 5.16. The summed E-state index contributed by atoms with van der Waals surface area (Å²) in [5.41, 5.74) is -6.94. The van der Waals surface area contributed by atoms with Crippen LogP contribution in [0.3, 0.4) is 0 Å². The predicted octanol–water partition coefficient (Wildman–Crippen LogP) is 6.90. The molecule has 0 unspecified atom stereocenters. The van der Waals surface area contributed by atoms with E-state index in [0.717, 1.165) is 36.4 Å². The fraction of sp³-hybridized carbons (Fsp3) is 0.217. The SMILES string of the molecule is Cc1cc(C(O)(c2cc(C(F)(F)F)cc(C(F)(F)F)c2)c2ccc(F)c(C)c2)ccc1F. The number of hydrogen-bond acceptors (Lipinski definition) is 1. The van der Waals surface area contributed by atoms with Crippen LogP contribution in [0.15, 0.2) is 54.6 Å². The first kappa shape index (κ1) is 23.7. The Kier molecular flexibility index (Phi) is 5.84. The van der Waals surface area contributed by atoms with Crippen LogP contribution in [-0.2, 0) is 18.0 Å². The van der Waals surface area contributed by atoms with Crippen LogP contribution >= 0.6 is 0 Å². The van der Waals surface area contributed by atoms with E-state index in [9.17, 15) is 40.2 Å². The number of halogens is 8. The molecule has 0 aliphatic heterocycles. The highest BCUT2D eigenvalue weighted by molar-refractivity contribution is 5.51. The van der Waals surface area contributed by atoms with Gasteiger partial charge in [-0.3, -0.25) is 0 Å². The topological polar surface area (TPSA) is 20.2 Å². The average molecular weight is 460 g/mol. The van der Waals surface area contributed by atoms with Crippen molar-refractivity contribution in [3.8, 4) is 0 Å². The molecule has 3 aromatic carbocycles. The van der Waals surface area contributed by atoms with Crippen LogP contribution in [0.4, 0.5) is 35.1 Å². The molecule has 1 nitrogen and oxygen atoms in total. The zero-order valence-corrected chi connectivity index (χ0v) is 16.7. The molecule has 0 saturated carbocycles. The number of aryl methyl sites for hydroxylation is 2. The Morgan fingerprint density at radius 1 is 0.531 bits per heavy atom. The quantitative estimate of drug-likeness (QED) is 0.333. The van der Waals surface area contributed by atoms with E-state index in [1.165, 1.54) is 13.8 Å². The van der Waals surface area contributed by atoms with E-state index in [1.807, 2.05) is 0 Å². The number of aliphatic hydroxyl groups is 1. The largest absolute Gasteiger partial charge is 0.416 e. The van der Waals surface area contributed by atoms with Gasteiger partial charge in [0.15, 0.2) is 0 Å². The molecule has 32 heavy (non-hydrogen) atoms. The van der Waals surface area contributed by atoms with Crippen molar-refractivity contribution < 1.29 is 40.2 Å². The highest BCUT2D eigenvalue weighted by atomic mass is 19.4. The minimum absolute atomic E-state index is 0.00257. The van der Waals surface area contributed by atoms with Gasteiger partial charge < -0.3 is 5.11 Å². The van der Waals surface area contributed by atoms with Crippen molar-refractivity contribution in [1.82, 2.24) is 0 Å². The molecule has 0 aliphatic rings. The number of rotatable bonds is 3. The lowest BCUT2D eigenvalue weighted by Crippen LogP contribution is -2.30. The lowest BCUT2D eigenvalue weighted by Gasteiger charge is -2.32. The first-order valence-corrected chi connectivity index (χ1v) is 9.19. The van der Waals surface area contributed by atoms with Crippen LogP contribution in [0.2, 0.25) is 0 Å². The highest BCUT2D eigenvalue weighted by Gasteiger charge is 2.42. The molecule has 0 atom stereocenters. The minimum atomic E-state index is -5.14. The van der Waals surface area contributed by atoms with Crippen molar-refractivity contribution >= 4 is 0 Å². The van der Waals surface area contributed by atoms with Crippen molar-refractivity contribution in [2.45, 2.75) is 31.8 Å². The second-order valence-electron chi connectivity index (χ2n) is 7.43. The molecule has 0 aliphatic carbocycles. The zero-order chi connectivity index (χ0) is 24.1. The van der Waals surface area contributed by atoms with Crippen molar-refractivity contribution in [1.29, 1.82) is 0 Å². The normalized spacial score (nSPS) is 12.8. The van der Waals surface area contributed by atoms with Crippen molar-refractivity contribution in [3.05, 3.63) is 105 Å². The molecular formula is C23H16F8O. The summed E-state index contributed by atoms with van der Waals surface area (Å²) < 4.78 is 108. The molecule has 0 radical (unpaired) electrons. The summed E-state index contributed by atoms with van der Waals surface area (Å²) in [6.07, 6.45) is -10.3. The summed E-state index contributed by atoms with van der Waals surface area (Å²) in [7, 11) is 0. The van der Waals surface area contributed by atoms with E-state index in [2.05, 4.69) is 0 Å². The van der Waals surface area contributed by atoms with E-state index in [-0.39, 0.29) is 28.3 Å². The molecule has 0 amide bonds. The maximum absolute atomic E-state index is 13.8. The first-order chi connectivity index (χ1) is 14.6. The lowest BCUT2D eigenvalue weighted by atomic mass is 9.78. The van der Waals surface area contributed by atoms with E-state index in [0.29, 0.717) is 12.1 Å². The van der Waals surface area contributed by atoms with E-state index in [1.54, 1.807) is 0 Å². The minimum Gasteiger partial charge on any atom is -0.376 e. The van der Waals surface area contributed by atoms with Gasteiger partial charge in [-0.15, -0.1) is 0 Å². The number of hydrogen-bond donors (Lipinski definition) is 1. The molecule has 170 valence electrons. The van der Waals surface area contributed by atoms with Crippen molar-refractivity contribution in [2.24, 2.45) is 0 Å². The second kappa shape index (κ2) is 7.88. The summed E-state index contributed by atoms with van der Waals surface area (Å²) in [5, 5.41) is 11.7. The molecule has 1 N–H and O–H groups in total. The predicted molar refractivity (Wildman–Crippen MR) is 101 cm³/mol. The third kappa shape index (κ3) is 4.34. The average Bonchev–Trinajstić information content (AvgIpc) is 2.69. The molecule has 0 aromatic heterocycles. The molecule has 9 heteroatoms. The van der Waals surface area contributed by atoms with Gasteiger partial charge in [0.05, 0.1) is 11.1 Å². The number of alkyl halides is 6. The van der Waals surface area contributed by atoms with Crippen molar-refractivity contribution in [2.75, 3.05) is 0 Å². The van der Waals surface area contributed by atoms with Crippen LogP contribution in [0, 0.1) is 25.5 Å². The first-order valence-electron chi connectivity index (χ1n) is 9.19. The molecular weight excluding hydrogens is 444 g/mol. The van der Waals surface area contributed by atoms with Gasteiger partial charge in [0, 0.05) is 0 Å². The van der Waals surface area contributed by atoms with Crippen molar-refractivity contribution in [3.63, 3.8) is 0 Å². The standard InChI is InChI=1S/C23H16F8O/c1-12-7-14(3-5-19(12)24)21(32,15-4-6-20(25)13(2)8-15)16-9-17(22(26,27)28)11-18(10-16)23(29,30)31/h3-11,32H,1-2H3. The van der Waals surface area contributed by atoms with Gasteiger partial charge in [-0.05, 0) is 84.1 Å². The fourth-order valence-corrected chi connectivity index (χ4v) is 3.40. The summed E-state index contributed by atoms with van der Waals surface area (Å²) in [6.45, 7) is 2.64. The molecule has 3 rings (SSSR count). The van der Waals surface area contributed by atoms with Gasteiger partial charge >= 0.3 is 12.4 Å². The second-order valence-corrected chi connectivity index (χ2v) is 7.43. The number of benzene rings is 3. The summed E-state index contributed by atoms with van der Waals surface area (Å²) in [5.74, 6) is -1.38. The Balaban J connectivity index is 2.42.